The third-order valence-corrected chi connectivity index (χ3v) is 3.70. The number of hydrogen-bond acceptors (Lipinski definition) is 4. The van der Waals surface area contributed by atoms with Crippen molar-refractivity contribution in [2.45, 2.75) is 0 Å². The molecule has 0 radical (unpaired) electrons. The standard InChI is InChI=1S/C16H9Cl2N3O/c17-13-12(15(22)11-7-4-8-19-9-11)16(18)21-20-14(13)10-5-2-1-3-6-10/h1-9H. The van der Waals surface area contributed by atoms with Crippen molar-refractivity contribution in [2.24, 2.45) is 0 Å². The molecule has 0 fully saturated rings. The van der Waals surface area contributed by atoms with Crippen LogP contribution in [0.4, 0.5) is 0 Å². The van der Waals surface area contributed by atoms with E-state index in [9.17, 15) is 4.79 Å². The van der Waals surface area contributed by atoms with Crippen molar-refractivity contribution in [3.8, 4) is 11.3 Å². The maximum atomic E-state index is 12.6. The van der Waals surface area contributed by atoms with Gasteiger partial charge in [-0.15, -0.1) is 10.2 Å². The predicted molar refractivity (Wildman–Crippen MR) is 85.2 cm³/mol. The van der Waals surface area contributed by atoms with Gasteiger partial charge in [0.05, 0.1) is 10.6 Å². The summed E-state index contributed by atoms with van der Waals surface area (Å²) in [5.41, 5.74) is 1.69. The van der Waals surface area contributed by atoms with Gasteiger partial charge >= 0.3 is 0 Å². The molecular weight excluding hydrogens is 321 g/mol. The van der Waals surface area contributed by atoms with Gasteiger partial charge in [0.2, 0.25) is 0 Å². The van der Waals surface area contributed by atoms with Crippen molar-refractivity contribution in [3.05, 3.63) is 76.2 Å². The number of nitrogens with zero attached hydrogens (tertiary/aromatic N) is 3. The molecule has 2 heterocycles. The Morgan fingerprint density at radius 2 is 1.73 bits per heavy atom. The van der Waals surface area contributed by atoms with Gasteiger partial charge < -0.3 is 0 Å². The third-order valence-electron chi connectivity index (χ3n) is 3.07. The third kappa shape index (κ3) is 2.71. The van der Waals surface area contributed by atoms with Crippen LogP contribution in [0.2, 0.25) is 10.2 Å². The van der Waals surface area contributed by atoms with Crippen LogP contribution in [-0.4, -0.2) is 21.0 Å². The molecule has 1 aromatic carbocycles. The number of rotatable bonds is 3. The van der Waals surface area contributed by atoms with Gasteiger partial charge in [-0.25, -0.2) is 0 Å². The molecule has 0 bridgehead atoms. The minimum Gasteiger partial charge on any atom is -0.288 e. The first-order chi connectivity index (χ1) is 10.7. The Morgan fingerprint density at radius 3 is 2.41 bits per heavy atom. The Morgan fingerprint density at radius 1 is 0.955 bits per heavy atom. The van der Waals surface area contributed by atoms with E-state index in [1.807, 2.05) is 30.3 Å². The van der Waals surface area contributed by atoms with Crippen molar-refractivity contribution in [3.63, 3.8) is 0 Å². The van der Waals surface area contributed by atoms with Crippen molar-refractivity contribution in [1.29, 1.82) is 0 Å². The lowest BCUT2D eigenvalue weighted by molar-refractivity contribution is 0.103. The first kappa shape index (κ1) is 14.6. The highest BCUT2D eigenvalue weighted by molar-refractivity contribution is 6.41. The molecule has 0 N–H and O–H groups in total. The van der Waals surface area contributed by atoms with Gasteiger partial charge in [-0.2, -0.15) is 0 Å². The minimum absolute atomic E-state index is 0.0291. The van der Waals surface area contributed by atoms with E-state index in [1.165, 1.54) is 6.20 Å². The summed E-state index contributed by atoms with van der Waals surface area (Å²) < 4.78 is 0. The second-order valence-electron chi connectivity index (χ2n) is 4.47. The number of benzene rings is 1. The zero-order valence-electron chi connectivity index (χ0n) is 11.2. The average molecular weight is 330 g/mol. The number of ketones is 1. The van der Waals surface area contributed by atoms with Crippen molar-refractivity contribution in [2.75, 3.05) is 0 Å². The van der Waals surface area contributed by atoms with Crippen molar-refractivity contribution < 1.29 is 4.79 Å². The molecule has 0 amide bonds. The molecule has 0 unspecified atom stereocenters. The fourth-order valence-corrected chi connectivity index (χ4v) is 2.60. The minimum atomic E-state index is -0.338. The number of pyridine rings is 1. The summed E-state index contributed by atoms with van der Waals surface area (Å²) in [6.45, 7) is 0. The normalized spacial score (nSPS) is 10.5. The summed E-state index contributed by atoms with van der Waals surface area (Å²) in [5.74, 6) is -0.338. The molecule has 0 saturated carbocycles. The number of hydrogen-bond donors (Lipinski definition) is 0. The molecule has 4 nitrogen and oxygen atoms in total. The molecular formula is C16H9Cl2N3O. The van der Waals surface area contributed by atoms with Crippen LogP contribution >= 0.6 is 23.2 Å². The maximum Gasteiger partial charge on any atom is 0.199 e. The molecule has 108 valence electrons. The van der Waals surface area contributed by atoms with E-state index in [4.69, 9.17) is 23.2 Å². The van der Waals surface area contributed by atoms with E-state index in [0.29, 0.717) is 11.3 Å². The molecule has 0 spiro atoms. The lowest BCUT2D eigenvalue weighted by Crippen LogP contribution is -2.07. The molecule has 6 heteroatoms. The van der Waals surface area contributed by atoms with E-state index < -0.39 is 0 Å². The second-order valence-corrected chi connectivity index (χ2v) is 5.20. The van der Waals surface area contributed by atoms with E-state index >= 15 is 0 Å². The number of halogens is 2. The van der Waals surface area contributed by atoms with Gasteiger partial charge in [-0.3, -0.25) is 9.78 Å². The lowest BCUT2D eigenvalue weighted by atomic mass is 10.0. The first-order valence-electron chi connectivity index (χ1n) is 6.40. The van der Waals surface area contributed by atoms with Crippen LogP contribution in [0.15, 0.2) is 54.9 Å². The highest BCUT2D eigenvalue weighted by Gasteiger charge is 2.22. The van der Waals surface area contributed by atoms with Crippen molar-refractivity contribution in [1.82, 2.24) is 15.2 Å². The van der Waals surface area contributed by atoms with Crippen LogP contribution in [0.25, 0.3) is 11.3 Å². The molecule has 0 aliphatic heterocycles. The van der Waals surface area contributed by atoms with E-state index in [1.54, 1.807) is 18.3 Å². The molecule has 0 aliphatic carbocycles. The summed E-state index contributed by atoms with van der Waals surface area (Å²) in [6, 6.07) is 12.6. The fourth-order valence-electron chi connectivity index (χ4n) is 2.01. The quantitative estimate of drug-likeness (QED) is 0.679. The van der Waals surface area contributed by atoms with E-state index in [-0.39, 0.29) is 21.5 Å². The zero-order chi connectivity index (χ0) is 15.5. The summed E-state index contributed by atoms with van der Waals surface area (Å²) in [4.78, 5) is 16.5. The molecule has 22 heavy (non-hydrogen) atoms. The van der Waals surface area contributed by atoms with Gasteiger partial charge in [0.15, 0.2) is 10.9 Å². The smallest absolute Gasteiger partial charge is 0.199 e. The highest BCUT2D eigenvalue weighted by atomic mass is 35.5. The number of aromatic nitrogens is 3. The largest absolute Gasteiger partial charge is 0.288 e. The van der Waals surface area contributed by atoms with Gasteiger partial charge in [0.1, 0.15) is 5.69 Å². The van der Waals surface area contributed by atoms with Crippen LogP contribution in [0.1, 0.15) is 15.9 Å². The Kier molecular flexibility index (Phi) is 4.13. The van der Waals surface area contributed by atoms with E-state index in [2.05, 4.69) is 15.2 Å². The summed E-state index contributed by atoms with van der Waals surface area (Å²) in [7, 11) is 0. The average Bonchev–Trinajstić information content (AvgIpc) is 2.56. The van der Waals surface area contributed by atoms with Gasteiger partial charge in [0.25, 0.3) is 0 Å². The second kappa shape index (κ2) is 6.22. The van der Waals surface area contributed by atoms with Crippen LogP contribution in [-0.2, 0) is 0 Å². The first-order valence-corrected chi connectivity index (χ1v) is 7.16. The van der Waals surface area contributed by atoms with Crippen LogP contribution in [0, 0.1) is 0 Å². The molecule has 3 rings (SSSR count). The number of carbonyl (C=O) groups excluding carboxylic acids is 1. The van der Waals surface area contributed by atoms with Crippen LogP contribution < -0.4 is 0 Å². The van der Waals surface area contributed by atoms with Gasteiger partial charge in [0, 0.05) is 23.5 Å². The maximum absolute atomic E-state index is 12.6. The highest BCUT2D eigenvalue weighted by Crippen LogP contribution is 2.32. The Hall–Kier alpha value is -2.30. The Balaban J connectivity index is 2.15. The van der Waals surface area contributed by atoms with Crippen molar-refractivity contribution >= 4 is 29.0 Å². The topological polar surface area (TPSA) is 55.7 Å². The predicted octanol–water partition coefficient (Wildman–Crippen LogP) is 4.08. The molecule has 0 aliphatic rings. The number of carbonyl (C=O) groups is 1. The SMILES string of the molecule is O=C(c1cccnc1)c1c(Cl)nnc(-c2ccccc2)c1Cl. The molecule has 0 atom stereocenters. The summed E-state index contributed by atoms with van der Waals surface area (Å²) >= 11 is 12.4. The van der Waals surface area contributed by atoms with Gasteiger partial charge in [-0.05, 0) is 12.1 Å². The zero-order valence-corrected chi connectivity index (χ0v) is 12.7. The lowest BCUT2D eigenvalue weighted by Gasteiger charge is -2.09. The summed E-state index contributed by atoms with van der Waals surface area (Å²) in [6.07, 6.45) is 3.04. The van der Waals surface area contributed by atoms with E-state index in [0.717, 1.165) is 5.56 Å². The Bertz CT molecular complexity index is 824. The Labute approximate surface area is 136 Å². The molecule has 2 aromatic heterocycles. The fraction of sp³-hybridized carbons (Fsp3) is 0. The van der Waals surface area contributed by atoms with Crippen LogP contribution in [0.3, 0.4) is 0 Å². The van der Waals surface area contributed by atoms with Crippen LogP contribution in [0.5, 0.6) is 0 Å². The van der Waals surface area contributed by atoms with Gasteiger partial charge in [-0.1, -0.05) is 53.5 Å². The molecule has 3 aromatic rings. The monoisotopic (exact) mass is 329 g/mol. The molecule has 0 saturated heterocycles. The summed E-state index contributed by atoms with van der Waals surface area (Å²) in [5, 5.41) is 8.01.